The number of hydrogen-bond acceptors (Lipinski definition) is 3. The molecule has 1 unspecified atom stereocenters. The lowest BCUT2D eigenvalue weighted by Crippen LogP contribution is -2.55. The third-order valence-corrected chi connectivity index (χ3v) is 3.85. The molecular formula is C17H24N2O3. The summed E-state index contributed by atoms with van der Waals surface area (Å²) in [5.41, 5.74) is 0.699. The summed E-state index contributed by atoms with van der Waals surface area (Å²) < 4.78 is 5.78. The molecule has 0 aliphatic carbocycles. The Kier molecular flexibility index (Phi) is 4.44. The number of rotatable bonds is 4. The third-order valence-electron chi connectivity index (χ3n) is 3.85. The van der Waals surface area contributed by atoms with E-state index in [0.717, 1.165) is 12.0 Å². The lowest BCUT2D eigenvalue weighted by Gasteiger charge is -2.38. The van der Waals surface area contributed by atoms with Crippen molar-refractivity contribution in [3.63, 3.8) is 0 Å². The normalized spacial score (nSPS) is 17.5. The van der Waals surface area contributed by atoms with Gasteiger partial charge in [-0.2, -0.15) is 0 Å². The van der Waals surface area contributed by atoms with Gasteiger partial charge in [0.1, 0.15) is 12.3 Å². The Hall–Kier alpha value is -2.04. The first-order valence-electron chi connectivity index (χ1n) is 7.65. The van der Waals surface area contributed by atoms with E-state index < -0.39 is 5.60 Å². The van der Waals surface area contributed by atoms with E-state index in [0.29, 0.717) is 11.4 Å². The number of carbonyl (C=O) groups is 2. The predicted octanol–water partition coefficient (Wildman–Crippen LogP) is 2.41. The van der Waals surface area contributed by atoms with Crippen molar-refractivity contribution < 1.29 is 14.3 Å². The van der Waals surface area contributed by atoms with Crippen molar-refractivity contribution in [1.29, 1.82) is 0 Å². The van der Waals surface area contributed by atoms with Crippen LogP contribution in [0.1, 0.15) is 39.7 Å². The lowest BCUT2D eigenvalue weighted by molar-refractivity contribution is -0.134. The molecule has 120 valence electrons. The first-order valence-corrected chi connectivity index (χ1v) is 7.65. The van der Waals surface area contributed by atoms with Crippen molar-refractivity contribution >= 4 is 17.5 Å². The highest BCUT2D eigenvalue weighted by molar-refractivity contribution is 6.05. The molecule has 1 aliphatic heterocycles. The zero-order valence-corrected chi connectivity index (χ0v) is 13.9. The van der Waals surface area contributed by atoms with E-state index >= 15 is 0 Å². The molecule has 1 aromatic rings. The highest BCUT2D eigenvalue weighted by atomic mass is 16.5. The third kappa shape index (κ3) is 3.24. The number of nitrogens with zero attached hydrogens (tertiary/aromatic N) is 1. The number of anilines is 1. The second-order valence-corrected chi connectivity index (χ2v) is 6.35. The maximum atomic E-state index is 12.6. The average Bonchev–Trinajstić information content (AvgIpc) is 2.44. The van der Waals surface area contributed by atoms with Crippen molar-refractivity contribution in [3.8, 4) is 5.75 Å². The van der Waals surface area contributed by atoms with E-state index in [2.05, 4.69) is 5.32 Å². The molecular weight excluding hydrogens is 280 g/mol. The number of amides is 2. The largest absolute Gasteiger partial charge is 0.476 e. The van der Waals surface area contributed by atoms with E-state index in [1.807, 2.05) is 39.0 Å². The SMILES string of the molecule is CCC(C)NC(=O)CN1C(=O)C(C)(C)Oc2ccc(C)cc21. The fourth-order valence-electron chi connectivity index (χ4n) is 2.40. The quantitative estimate of drug-likeness (QED) is 0.929. The number of hydrogen-bond donors (Lipinski definition) is 1. The van der Waals surface area contributed by atoms with Crippen LogP contribution in [0.15, 0.2) is 18.2 Å². The second-order valence-electron chi connectivity index (χ2n) is 6.35. The minimum atomic E-state index is -0.973. The Balaban J connectivity index is 2.30. The van der Waals surface area contributed by atoms with Gasteiger partial charge in [-0.1, -0.05) is 13.0 Å². The van der Waals surface area contributed by atoms with Crippen LogP contribution in [0.4, 0.5) is 5.69 Å². The maximum Gasteiger partial charge on any atom is 0.271 e. The van der Waals surface area contributed by atoms with E-state index in [1.54, 1.807) is 13.8 Å². The number of fused-ring (bicyclic) bond motifs is 1. The van der Waals surface area contributed by atoms with Crippen LogP contribution in [0.2, 0.25) is 0 Å². The number of benzene rings is 1. The Labute approximate surface area is 131 Å². The van der Waals surface area contributed by atoms with Crippen molar-refractivity contribution in [2.75, 3.05) is 11.4 Å². The highest BCUT2D eigenvalue weighted by Crippen LogP contribution is 2.38. The summed E-state index contributed by atoms with van der Waals surface area (Å²) in [6, 6.07) is 5.74. The first kappa shape index (κ1) is 16.3. The molecule has 5 heteroatoms. The van der Waals surface area contributed by atoms with Gasteiger partial charge in [0.25, 0.3) is 5.91 Å². The van der Waals surface area contributed by atoms with Gasteiger partial charge in [-0.3, -0.25) is 14.5 Å². The molecule has 1 atom stereocenters. The van der Waals surface area contributed by atoms with Crippen LogP contribution in [0.25, 0.3) is 0 Å². The summed E-state index contributed by atoms with van der Waals surface area (Å²) in [4.78, 5) is 26.3. The van der Waals surface area contributed by atoms with Crippen molar-refractivity contribution in [3.05, 3.63) is 23.8 Å². The second kappa shape index (κ2) is 5.99. The van der Waals surface area contributed by atoms with Crippen LogP contribution < -0.4 is 15.0 Å². The molecule has 1 aromatic carbocycles. The highest BCUT2D eigenvalue weighted by Gasteiger charge is 2.41. The molecule has 0 bridgehead atoms. The van der Waals surface area contributed by atoms with Crippen LogP contribution in [-0.4, -0.2) is 30.0 Å². The number of aryl methyl sites for hydroxylation is 1. The molecule has 0 saturated heterocycles. The molecule has 5 nitrogen and oxygen atoms in total. The van der Waals surface area contributed by atoms with Gasteiger partial charge < -0.3 is 10.1 Å². The average molecular weight is 304 g/mol. The van der Waals surface area contributed by atoms with Crippen molar-refractivity contribution in [2.45, 2.75) is 52.7 Å². The first-order chi connectivity index (χ1) is 10.2. The molecule has 0 saturated carbocycles. The standard InChI is InChI=1S/C17H24N2O3/c1-6-12(3)18-15(20)10-19-13-9-11(2)7-8-14(13)22-17(4,5)16(19)21/h7-9,12H,6,10H2,1-5H3,(H,18,20). The summed E-state index contributed by atoms with van der Waals surface area (Å²) in [5.74, 6) is 0.268. The molecule has 1 heterocycles. The maximum absolute atomic E-state index is 12.6. The molecule has 2 rings (SSSR count). The summed E-state index contributed by atoms with van der Waals surface area (Å²) >= 11 is 0. The van der Waals surface area contributed by atoms with Crippen LogP contribution in [0.3, 0.4) is 0 Å². The number of ether oxygens (including phenoxy) is 1. The van der Waals surface area contributed by atoms with E-state index in [1.165, 1.54) is 4.90 Å². The van der Waals surface area contributed by atoms with Gasteiger partial charge >= 0.3 is 0 Å². The Morgan fingerprint density at radius 3 is 2.73 bits per heavy atom. The number of nitrogens with one attached hydrogen (secondary N) is 1. The van der Waals surface area contributed by atoms with Gasteiger partial charge in [0, 0.05) is 6.04 Å². The fraction of sp³-hybridized carbons (Fsp3) is 0.529. The van der Waals surface area contributed by atoms with E-state index in [9.17, 15) is 9.59 Å². The monoisotopic (exact) mass is 304 g/mol. The number of carbonyl (C=O) groups excluding carboxylic acids is 2. The van der Waals surface area contributed by atoms with Crippen LogP contribution >= 0.6 is 0 Å². The molecule has 0 fully saturated rings. The smallest absolute Gasteiger partial charge is 0.271 e. The van der Waals surface area contributed by atoms with Gasteiger partial charge in [0.2, 0.25) is 5.91 Å². The molecule has 2 amide bonds. The molecule has 0 aromatic heterocycles. The zero-order valence-electron chi connectivity index (χ0n) is 13.9. The topological polar surface area (TPSA) is 58.6 Å². The molecule has 0 spiro atoms. The molecule has 22 heavy (non-hydrogen) atoms. The lowest BCUT2D eigenvalue weighted by atomic mass is 10.0. The Morgan fingerprint density at radius 2 is 2.09 bits per heavy atom. The van der Waals surface area contributed by atoms with Gasteiger partial charge in [-0.05, 0) is 51.8 Å². The van der Waals surface area contributed by atoms with Crippen LogP contribution in [0, 0.1) is 6.92 Å². The minimum Gasteiger partial charge on any atom is -0.476 e. The Morgan fingerprint density at radius 1 is 1.41 bits per heavy atom. The summed E-state index contributed by atoms with van der Waals surface area (Å²) in [7, 11) is 0. The van der Waals surface area contributed by atoms with E-state index in [4.69, 9.17) is 4.74 Å². The van der Waals surface area contributed by atoms with Crippen molar-refractivity contribution in [1.82, 2.24) is 5.32 Å². The van der Waals surface area contributed by atoms with Gasteiger partial charge in [-0.25, -0.2) is 0 Å². The van der Waals surface area contributed by atoms with E-state index in [-0.39, 0.29) is 24.4 Å². The van der Waals surface area contributed by atoms with Crippen LogP contribution in [-0.2, 0) is 9.59 Å². The van der Waals surface area contributed by atoms with Crippen molar-refractivity contribution in [2.24, 2.45) is 0 Å². The summed E-state index contributed by atoms with van der Waals surface area (Å²) in [5, 5.41) is 2.90. The molecule has 0 radical (unpaired) electrons. The minimum absolute atomic E-state index is 0.00637. The molecule has 1 N–H and O–H groups in total. The van der Waals surface area contributed by atoms with Gasteiger partial charge in [-0.15, -0.1) is 0 Å². The predicted molar refractivity (Wildman–Crippen MR) is 86.1 cm³/mol. The van der Waals surface area contributed by atoms with Gasteiger partial charge in [0.05, 0.1) is 5.69 Å². The summed E-state index contributed by atoms with van der Waals surface area (Å²) in [6.07, 6.45) is 0.851. The Bertz CT molecular complexity index is 596. The van der Waals surface area contributed by atoms with Gasteiger partial charge in [0.15, 0.2) is 5.60 Å². The zero-order chi connectivity index (χ0) is 16.5. The molecule has 1 aliphatic rings. The fourth-order valence-corrected chi connectivity index (χ4v) is 2.40. The summed E-state index contributed by atoms with van der Waals surface area (Å²) in [6.45, 7) is 9.34. The van der Waals surface area contributed by atoms with Crippen LogP contribution in [0.5, 0.6) is 5.75 Å².